The quantitative estimate of drug-likeness (QED) is 0.804. The van der Waals surface area contributed by atoms with Gasteiger partial charge in [-0.05, 0) is 37.0 Å². The monoisotopic (exact) mass is 310 g/mol. The van der Waals surface area contributed by atoms with Crippen LogP contribution in [-0.4, -0.2) is 28.8 Å². The fourth-order valence-corrected chi connectivity index (χ4v) is 3.22. The first-order chi connectivity index (χ1) is 11.2. The fourth-order valence-electron chi connectivity index (χ4n) is 3.22. The Balaban J connectivity index is 1.91. The first-order valence-electron chi connectivity index (χ1n) is 7.60. The summed E-state index contributed by atoms with van der Waals surface area (Å²) in [4.78, 5) is 4.80. The number of ether oxygens (including phenoxy) is 2. The van der Waals surface area contributed by atoms with E-state index < -0.39 is 0 Å². The van der Waals surface area contributed by atoms with E-state index in [-0.39, 0.29) is 0 Å². The number of benzene rings is 1. The molecule has 0 saturated heterocycles. The van der Waals surface area contributed by atoms with Crippen LogP contribution in [0.2, 0.25) is 0 Å². The number of anilines is 1. The van der Waals surface area contributed by atoms with E-state index in [9.17, 15) is 0 Å². The van der Waals surface area contributed by atoms with Gasteiger partial charge in [-0.3, -0.25) is 0 Å². The lowest BCUT2D eigenvalue weighted by Gasteiger charge is -2.10. The van der Waals surface area contributed by atoms with E-state index in [1.165, 1.54) is 0 Å². The lowest BCUT2D eigenvalue weighted by Crippen LogP contribution is -2.06. The van der Waals surface area contributed by atoms with Crippen molar-refractivity contribution in [1.29, 1.82) is 0 Å². The van der Waals surface area contributed by atoms with Gasteiger partial charge in [0.1, 0.15) is 5.82 Å². The summed E-state index contributed by atoms with van der Waals surface area (Å²) < 4.78 is 12.4. The van der Waals surface area contributed by atoms with Crippen molar-refractivity contribution in [2.75, 3.05) is 20.0 Å². The lowest BCUT2D eigenvalue weighted by molar-refractivity contribution is 0.355. The maximum atomic E-state index is 6.28. The molecule has 1 aromatic carbocycles. The summed E-state index contributed by atoms with van der Waals surface area (Å²) in [5.74, 6) is 2.08. The van der Waals surface area contributed by atoms with Crippen molar-refractivity contribution in [3.05, 3.63) is 35.7 Å². The molecule has 3 aromatic rings. The molecule has 0 aliphatic heterocycles. The minimum absolute atomic E-state index is 0.679. The molecule has 2 N–H and O–H groups in total. The number of aryl methyl sites for hydroxylation is 1. The number of nitrogen functional groups attached to an aromatic ring is 1. The van der Waals surface area contributed by atoms with Crippen molar-refractivity contribution in [2.45, 2.75) is 19.3 Å². The molecule has 0 amide bonds. The number of methoxy groups -OCH3 is 2. The number of hydrogen-bond donors (Lipinski definition) is 1. The molecule has 2 heterocycles. The topological polar surface area (TPSA) is 74.7 Å². The first kappa shape index (κ1) is 13.9. The second-order valence-electron chi connectivity index (χ2n) is 5.64. The molecular weight excluding hydrogens is 292 g/mol. The van der Waals surface area contributed by atoms with Gasteiger partial charge in [-0.25, -0.2) is 4.98 Å². The Labute approximate surface area is 133 Å². The van der Waals surface area contributed by atoms with Crippen LogP contribution in [0.4, 0.5) is 5.82 Å². The predicted molar refractivity (Wildman–Crippen MR) is 88.0 cm³/mol. The Bertz CT molecular complexity index is 901. The zero-order valence-electron chi connectivity index (χ0n) is 13.2. The van der Waals surface area contributed by atoms with Gasteiger partial charge in [0.25, 0.3) is 0 Å². The van der Waals surface area contributed by atoms with Crippen molar-refractivity contribution in [1.82, 2.24) is 14.6 Å². The standard InChI is InChI=1S/C17H18N4O2/c1-22-14-7-6-10(8-15(14)23-2)12-9-19-21-16(18)11-4-3-5-13(11)20-17(12)21/h6-9H,3-5,18H2,1-2H3. The molecule has 118 valence electrons. The van der Waals surface area contributed by atoms with E-state index in [2.05, 4.69) is 5.10 Å². The number of nitrogens with two attached hydrogens (primary N) is 1. The van der Waals surface area contributed by atoms with Crippen LogP contribution in [0.5, 0.6) is 11.5 Å². The Hall–Kier alpha value is -2.76. The van der Waals surface area contributed by atoms with Crippen LogP contribution >= 0.6 is 0 Å². The summed E-state index contributed by atoms with van der Waals surface area (Å²) in [7, 11) is 3.25. The van der Waals surface area contributed by atoms with Gasteiger partial charge in [0, 0.05) is 16.8 Å². The second kappa shape index (κ2) is 5.15. The van der Waals surface area contributed by atoms with Crippen LogP contribution in [0.25, 0.3) is 16.8 Å². The molecule has 0 atom stereocenters. The second-order valence-corrected chi connectivity index (χ2v) is 5.64. The molecule has 1 aliphatic rings. The van der Waals surface area contributed by atoms with Crippen molar-refractivity contribution in [3.63, 3.8) is 0 Å². The van der Waals surface area contributed by atoms with Gasteiger partial charge in [-0.1, -0.05) is 6.07 Å². The van der Waals surface area contributed by atoms with Crippen LogP contribution in [0.1, 0.15) is 17.7 Å². The highest BCUT2D eigenvalue weighted by molar-refractivity contribution is 5.80. The maximum absolute atomic E-state index is 6.28. The van der Waals surface area contributed by atoms with Crippen LogP contribution in [0.3, 0.4) is 0 Å². The molecule has 0 spiro atoms. The van der Waals surface area contributed by atoms with E-state index in [1.807, 2.05) is 18.2 Å². The molecule has 23 heavy (non-hydrogen) atoms. The number of rotatable bonds is 3. The van der Waals surface area contributed by atoms with E-state index in [4.69, 9.17) is 20.2 Å². The van der Waals surface area contributed by atoms with Gasteiger partial charge in [-0.2, -0.15) is 9.61 Å². The molecule has 0 saturated carbocycles. The average Bonchev–Trinajstić information content (AvgIpc) is 3.21. The summed E-state index contributed by atoms with van der Waals surface area (Å²) in [5.41, 5.74) is 11.2. The van der Waals surface area contributed by atoms with E-state index in [0.29, 0.717) is 17.3 Å². The van der Waals surface area contributed by atoms with Crippen molar-refractivity contribution < 1.29 is 9.47 Å². The largest absolute Gasteiger partial charge is 0.493 e. The molecule has 0 fully saturated rings. The third-order valence-electron chi connectivity index (χ3n) is 4.41. The minimum atomic E-state index is 0.679. The van der Waals surface area contributed by atoms with Crippen molar-refractivity contribution >= 4 is 11.5 Å². The van der Waals surface area contributed by atoms with Crippen LogP contribution in [0.15, 0.2) is 24.4 Å². The highest BCUT2D eigenvalue weighted by Gasteiger charge is 2.21. The van der Waals surface area contributed by atoms with E-state index in [1.54, 1.807) is 24.9 Å². The Morgan fingerprint density at radius 1 is 1.13 bits per heavy atom. The highest BCUT2D eigenvalue weighted by Crippen LogP contribution is 2.35. The Morgan fingerprint density at radius 3 is 2.74 bits per heavy atom. The summed E-state index contributed by atoms with van der Waals surface area (Å²) >= 11 is 0. The van der Waals surface area contributed by atoms with Gasteiger partial charge in [0.05, 0.1) is 20.4 Å². The number of aromatic nitrogens is 3. The Kier molecular flexibility index (Phi) is 3.11. The van der Waals surface area contributed by atoms with Crippen molar-refractivity contribution in [3.8, 4) is 22.6 Å². The van der Waals surface area contributed by atoms with Crippen LogP contribution in [0, 0.1) is 0 Å². The third kappa shape index (κ3) is 2.02. The molecule has 6 nitrogen and oxygen atoms in total. The van der Waals surface area contributed by atoms with Crippen LogP contribution in [-0.2, 0) is 12.8 Å². The molecule has 1 aliphatic carbocycles. The number of fused-ring (bicyclic) bond motifs is 2. The molecule has 0 unspecified atom stereocenters. The van der Waals surface area contributed by atoms with Gasteiger partial charge in [0.15, 0.2) is 17.1 Å². The first-order valence-corrected chi connectivity index (χ1v) is 7.60. The third-order valence-corrected chi connectivity index (χ3v) is 4.41. The SMILES string of the molecule is COc1ccc(-c2cnn3c(N)c4c(nc23)CCC4)cc1OC. The molecule has 6 heteroatoms. The normalized spacial score (nSPS) is 13.3. The van der Waals surface area contributed by atoms with E-state index in [0.717, 1.165) is 47.3 Å². The average molecular weight is 310 g/mol. The molecular formula is C17H18N4O2. The smallest absolute Gasteiger partial charge is 0.165 e. The predicted octanol–water partition coefficient (Wildman–Crippen LogP) is 2.48. The van der Waals surface area contributed by atoms with Gasteiger partial charge >= 0.3 is 0 Å². The lowest BCUT2D eigenvalue weighted by atomic mass is 10.1. The molecule has 0 radical (unpaired) electrons. The summed E-state index contributed by atoms with van der Waals surface area (Å²) in [6.07, 6.45) is 4.86. The summed E-state index contributed by atoms with van der Waals surface area (Å²) in [5, 5.41) is 4.43. The van der Waals surface area contributed by atoms with Crippen LogP contribution < -0.4 is 15.2 Å². The maximum Gasteiger partial charge on any atom is 0.165 e. The number of hydrogen-bond acceptors (Lipinski definition) is 5. The zero-order chi connectivity index (χ0) is 16.0. The molecule has 0 bridgehead atoms. The van der Waals surface area contributed by atoms with Gasteiger partial charge < -0.3 is 15.2 Å². The fraction of sp³-hybridized carbons (Fsp3) is 0.294. The highest BCUT2D eigenvalue weighted by atomic mass is 16.5. The summed E-state index contributed by atoms with van der Waals surface area (Å²) in [6.45, 7) is 0. The Morgan fingerprint density at radius 2 is 1.96 bits per heavy atom. The molecule has 4 rings (SSSR count). The summed E-state index contributed by atoms with van der Waals surface area (Å²) in [6, 6.07) is 5.79. The van der Waals surface area contributed by atoms with Crippen molar-refractivity contribution in [2.24, 2.45) is 0 Å². The van der Waals surface area contributed by atoms with Gasteiger partial charge in [-0.15, -0.1) is 0 Å². The van der Waals surface area contributed by atoms with Gasteiger partial charge in [0.2, 0.25) is 0 Å². The minimum Gasteiger partial charge on any atom is -0.493 e. The van der Waals surface area contributed by atoms with E-state index >= 15 is 0 Å². The number of nitrogens with zero attached hydrogens (tertiary/aromatic N) is 3. The molecule has 2 aromatic heterocycles. The zero-order valence-corrected chi connectivity index (χ0v) is 13.2.